The van der Waals surface area contributed by atoms with E-state index in [1.807, 2.05) is 6.92 Å². The fourth-order valence-corrected chi connectivity index (χ4v) is 2.13. The van der Waals surface area contributed by atoms with Crippen LogP contribution in [0.2, 0.25) is 0 Å². The third-order valence-electron chi connectivity index (χ3n) is 3.09. The van der Waals surface area contributed by atoms with Crippen molar-refractivity contribution in [1.29, 1.82) is 0 Å². The normalized spacial score (nSPS) is 16.5. The lowest BCUT2D eigenvalue weighted by atomic mass is 10.2. The van der Waals surface area contributed by atoms with E-state index in [1.54, 1.807) is 4.90 Å². The lowest BCUT2D eigenvalue weighted by molar-refractivity contribution is -0.127. The Labute approximate surface area is 110 Å². The van der Waals surface area contributed by atoms with Gasteiger partial charge in [-0.15, -0.1) is 0 Å². The molecule has 1 aliphatic heterocycles. The van der Waals surface area contributed by atoms with Gasteiger partial charge in [0.25, 0.3) is 5.91 Å². The molecule has 0 bridgehead atoms. The fourth-order valence-electron chi connectivity index (χ4n) is 2.13. The third-order valence-corrected chi connectivity index (χ3v) is 3.09. The summed E-state index contributed by atoms with van der Waals surface area (Å²) < 4.78 is 0. The van der Waals surface area contributed by atoms with Crippen LogP contribution in [0.1, 0.15) is 30.1 Å². The molecule has 2 heterocycles. The van der Waals surface area contributed by atoms with Crippen LogP contribution < -0.4 is 10.9 Å². The molecule has 1 unspecified atom stereocenters. The molecule has 6 nitrogen and oxygen atoms in total. The molecule has 0 aromatic carbocycles. The van der Waals surface area contributed by atoms with Gasteiger partial charge in [-0.05, 0) is 19.4 Å². The number of aromatic amines is 1. The summed E-state index contributed by atoms with van der Waals surface area (Å²) in [4.78, 5) is 38.5. The largest absolute Gasteiger partial charge is 0.348 e. The van der Waals surface area contributed by atoms with Crippen LogP contribution >= 0.6 is 0 Å². The van der Waals surface area contributed by atoms with Crippen LogP contribution in [0.25, 0.3) is 0 Å². The van der Waals surface area contributed by atoms with Crippen LogP contribution in [0.4, 0.5) is 0 Å². The molecule has 19 heavy (non-hydrogen) atoms. The predicted molar refractivity (Wildman–Crippen MR) is 69.8 cm³/mol. The molecule has 1 saturated heterocycles. The van der Waals surface area contributed by atoms with Crippen molar-refractivity contribution in [3.8, 4) is 0 Å². The SMILES string of the molecule is CC(CN1CCCC1=O)NC(=O)c1ccc(=O)[nH]c1. The van der Waals surface area contributed by atoms with E-state index in [1.165, 1.54) is 18.3 Å². The quantitative estimate of drug-likeness (QED) is 0.809. The number of aromatic nitrogens is 1. The smallest absolute Gasteiger partial charge is 0.253 e. The summed E-state index contributed by atoms with van der Waals surface area (Å²) in [5.74, 6) is -0.111. The first kappa shape index (κ1) is 13.3. The highest BCUT2D eigenvalue weighted by atomic mass is 16.2. The van der Waals surface area contributed by atoms with Crippen molar-refractivity contribution in [1.82, 2.24) is 15.2 Å². The number of carbonyl (C=O) groups is 2. The van der Waals surface area contributed by atoms with Gasteiger partial charge in [0.15, 0.2) is 0 Å². The molecule has 0 saturated carbocycles. The summed E-state index contributed by atoms with van der Waals surface area (Å²) in [5.41, 5.74) is 0.159. The van der Waals surface area contributed by atoms with Gasteiger partial charge in [0, 0.05) is 37.8 Å². The minimum absolute atomic E-state index is 0.124. The summed E-state index contributed by atoms with van der Waals surface area (Å²) in [5, 5.41) is 2.81. The van der Waals surface area contributed by atoms with Crippen LogP contribution in [-0.4, -0.2) is 40.8 Å². The number of likely N-dealkylation sites (tertiary alicyclic amines) is 1. The highest BCUT2D eigenvalue weighted by Gasteiger charge is 2.22. The summed E-state index contributed by atoms with van der Waals surface area (Å²) in [6.07, 6.45) is 2.87. The zero-order valence-electron chi connectivity index (χ0n) is 10.8. The molecule has 1 fully saturated rings. The molecule has 0 aliphatic carbocycles. The number of hydrogen-bond acceptors (Lipinski definition) is 3. The molecule has 2 N–H and O–H groups in total. The van der Waals surface area contributed by atoms with E-state index in [4.69, 9.17) is 0 Å². The summed E-state index contributed by atoms with van der Waals surface area (Å²) in [6.45, 7) is 3.14. The fraction of sp³-hybridized carbons (Fsp3) is 0.462. The first-order valence-electron chi connectivity index (χ1n) is 6.33. The summed E-state index contributed by atoms with van der Waals surface area (Å²) in [7, 11) is 0. The zero-order valence-corrected chi connectivity index (χ0v) is 10.8. The monoisotopic (exact) mass is 263 g/mol. The highest BCUT2D eigenvalue weighted by Crippen LogP contribution is 2.09. The number of pyridine rings is 1. The van der Waals surface area contributed by atoms with Gasteiger partial charge in [-0.25, -0.2) is 0 Å². The second-order valence-electron chi connectivity index (χ2n) is 4.76. The maximum absolute atomic E-state index is 11.9. The Morgan fingerprint density at radius 1 is 1.47 bits per heavy atom. The molecule has 2 amide bonds. The molecule has 1 aliphatic rings. The molecule has 0 spiro atoms. The van der Waals surface area contributed by atoms with Crippen molar-refractivity contribution in [3.05, 3.63) is 34.2 Å². The predicted octanol–water partition coefficient (Wildman–Crippen LogP) is 0.116. The maximum atomic E-state index is 11.9. The first-order chi connectivity index (χ1) is 9.06. The molecule has 1 aromatic rings. The van der Waals surface area contributed by atoms with Crippen LogP contribution in [0.3, 0.4) is 0 Å². The zero-order chi connectivity index (χ0) is 13.8. The number of nitrogens with zero attached hydrogens (tertiary/aromatic N) is 1. The Morgan fingerprint density at radius 2 is 2.26 bits per heavy atom. The van der Waals surface area contributed by atoms with E-state index in [9.17, 15) is 14.4 Å². The van der Waals surface area contributed by atoms with E-state index >= 15 is 0 Å². The molecular formula is C13H17N3O3. The lowest BCUT2D eigenvalue weighted by Crippen LogP contribution is -2.42. The number of hydrogen-bond donors (Lipinski definition) is 2. The van der Waals surface area contributed by atoms with Gasteiger partial charge in [-0.2, -0.15) is 0 Å². The van der Waals surface area contributed by atoms with Gasteiger partial charge in [-0.1, -0.05) is 0 Å². The second-order valence-corrected chi connectivity index (χ2v) is 4.76. The molecule has 1 atom stereocenters. The second kappa shape index (κ2) is 5.69. The topological polar surface area (TPSA) is 82.3 Å². The van der Waals surface area contributed by atoms with Gasteiger partial charge < -0.3 is 15.2 Å². The van der Waals surface area contributed by atoms with Crippen molar-refractivity contribution in [2.75, 3.05) is 13.1 Å². The Kier molecular flexibility index (Phi) is 3.99. The highest BCUT2D eigenvalue weighted by molar-refractivity contribution is 5.94. The first-order valence-corrected chi connectivity index (χ1v) is 6.33. The number of amides is 2. The molecule has 2 rings (SSSR count). The van der Waals surface area contributed by atoms with Gasteiger partial charge in [0.05, 0.1) is 5.56 Å². The van der Waals surface area contributed by atoms with Crippen LogP contribution in [0, 0.1) is 0 Å². The molecule has 1 aromatic heterocycles. The van der Waals surface area contributed by atoms with Crippen molar-refractivity contribution in [2.45, 2.75) is 25.8 Å². The summed E-state index contributed by atoms with van der Waals surface area (Å²) in [6, 6.07) is 2.66. The minimum Gasteiger partial charge on any atom is -0.348 e. The van der Waals surface area contributed by atoms with E-state index < -0.39 is 0 Å². The Morgan fingerprint density at radius 3 is 2.84 bits per heavy atom. The van der Waals surface area contributed by atoms with E-state index in [-0.39, 0.29) is 23.4 Å². The van der Waals surface area contributed by atoms with Crippen molar-refractivity contribution in [3.63, 3.8) is 0 Å². The Hall–Kier alpha value is -2.11. The maximum Gasteiger partial charge on any atom is 0.253 e. The van der Waals surface area contributed by atoms with Crippen LogP contribution in [0.5, 0.6) is 0 Å². The number of nitrogens with one attached hydrogen (secondary N) is 2. The Balaban J connectivity index is 1.89. The Bertz CT molecular complexity index is 518. The third kappa shape index (κ3) is 3.43. The minimum atomic E-state index is -0.254. The molecular weight excluding hydrogens is 246 g/mol. The van der Waals surface area contributed by atoms with Crippen LogP contribution in [-0.2, 0) is 4.79 Å². The van der Waals surface area contributed by atoms with Gasteiger partial charge in [-0.3, -0.25) is 14.4 Å². The number of carbonyl (C=O) groups excluding carboxylic acids is 2. The van der Waals surface area contributed by atoms with E-state index in [0.29, 0.717) is 18.5 Å². The van der Waals surface area contributed by atoms with E-state index in [2.05, 4.69) is 10.3 Å². The average Bonchev–Trinajstić information content (AvgIpc) is 2.75. The standard InChI is InChI=1S/C13H17N3O3/c1-9(8-16-6-2-3-12(16)18)15-13(19)10-4-5-11(17)14-7-10/h4-5,7,9H,2-3,6,8H2,1H3,(H,14,17)(H,15,19). The molecule has 6 heteroatoms. The lowest BCUT2D eigenvalue weighted by Gasteiger charge is -2.21. The van der Waals surface area contributed by atoms with Crippen molar-refractivity contribution in [2.24, 2.45) is 0 Å². The van der Waals surface area contributed by atoms with Gasteiger partial charge in [0.1, 0.15) is 0 Å². The van der Waals surface area contributed by atoms with Gasteiger partial charge >= 0.3 is 0 Å². The van der Waals surface area contributed by atoms with E-state index in [0.717, 1.165) is 13.0 Å². The molecule has 102 valence electrons. The van der Waals surface area contributed by atoms with Crippen LogP contribution in [0.15, 0.2) is 23.1 Å². The number of H-pyrrole nitrogens is 1. The number of rotatable bonds is 4. The average molecular weight is 263 g/mol. The van der Waals surface area contributed by atoms with Crippen molar-refractivity contribution < 1.29 is 9.59 Å². The van der Waals surface area contributed by atoms with Crippen molar-refractivity contribution >= 4 is 11.8 Å². The van der Waals surface area contributed by atoms with Gasteiger partial charge in [0.2, 0.25) is 11.5 Å². The molecule has 0 radical (unpaired) electrons. The summed E-state index contributed by atoms with van der Waals surface area (Å²) >= 11 is 0.